The van der Waals surface area contributed by atoms with Gasteiger partial charge in [-0.2, -0.15) is 5.10 Å². The smallest absolute Gasteiger partial charge is 0.267 e. The van der Waals surface area contributed by atoms with Gasteiger partial charge in [0.2, 0.25) is 5.91 Å². The van der Waals surface area contributed by atoms with Crippen LogP contribution in [0, 0.1) is 5.92 Å². The SMILES string of the molecule is O=C(Nc1cccc(-c2n[nH]c(=O)c3c2CCCC3)c1)C1CNC1. The van der Waals surface area contributed by atoms with Gasteiger partial charge in [-0.1, -0.05) is 12.1 Å². The Bertz CT molecular complexity index is 839. The fourth-order valence-electron chi connectivity index (χ4n) is 3.36. The minimum absolute atomic E-state index is 0.0438. The summed E-state index contributed by atoms with van der Waals surface area (Å²) in [6, 6.07) is 7.69. The lowest BCUT2D eigenvalue weighted by atomic mass is 9.90. The van der Waals surface area contributed by atoms with Crippen molar-refractivity contribution in [1.29, 1.82) is 0 Å². The Kier molecular flexibility index (Phi) is 3.90. The molecule has 0 saturated carbocycles. The van der Waals surface area contributed by atoms with Gasteiger partial charge in [0.05, 0.1) is 11.6 Å². The van der Waals surface area contributed by atoms with Crippen molar-refractivity contribution >= 4 is 11.6 Å². The minimum atomic E-state index is -0.0737. The number of carbonyl (C=O) groups is 1. The summed E-state index contributed by atoms with van der Waals surface area (Å²) in [5, 5.41) is 13.0. The second-order valence-electron chi connectivity index (χ2n) is 6.49. The highest BCUT2D eigenvalue weighted by atomic mass is 16.2. The number of nitrogens with one attached hydrogen (secondary N) is 3. The molecule has 2 heterocycles. The van der Waals surface area contributed by atoms with Crippen LogP contribution in [0.15, 0.2) is 29.1 Å². The van der Waals surface area contributed by atoms with Crippen LogP contribution in [0.5, 0.6) is 0 Å². The Labute approximate surface area is 139 Å². The maximum absolute atomic E-state index is 12.1. The number of aromatic amines is 1. The van der Waals surface area contributed by atoms with Gasteiger partial charge in [0.25, 0.3) is 5.56 Å². The Hall–Kier alpha value is -2.47. The Morgan fingerprint density at radius 3 is 2.71 bits per heavy atom. The maximum Gasteiger partial charge on any atom is 0.267 e. The molecule has 1 fully saturated rings. The molecule has 0 unspecified atom stereocenters. The molecule has 24 heavy (non-hydrogen) atoms. The van der Waals surface area contributed by atoms with E-state index in [1.807, 2.05) is 24.3 Å². The molecule has 1 aliphatic heterocycles. The van der Waals surface area contributed by atoms with Crippen LogP contribution < -0.4 is 16.2 Å². The van der Waals surface area contributed by atoms with Crippen LogP contribution in [0.25, 0.3) is 11.3 Å². The third-order valence-electron chi connectivity index (χ3n) is 4.85. The van der Waals surface area contributed by atoms with Crippen molar-refractivity contribution in [2.45, 2.75) is 25.7 Å². The molecular weight excluding hydrogens is 304 g/mol. The number of fused-ring (bicyclic) bond motifs is 1. The molecule has 0 radical (unpaired) electrons. The zero-order valence-corrected chi connectivity index (χ0v) is 13.4. The first kappa shape index (κ1) is 15.1. The van der Waals surface area contributed by atoms with E-state index in [9.17, 15) is 9.59 Å². The number of benzene rings is 1. The number of anilines is 1. The second kappa shape index (κ2) is 6.20. The molecule has 6 nitrogen and oxygen atoms in total. The number of amides is 1. The van der Waals surface area contributed by atoms with Gasteiger partial charge in [-0.25, -0.2) is 5.10 Å². The molecule has 0 atom stereocenters. The van der Waals surface area contributed by atoms with Gasteiger partial charge >= 0.3 is 0 Å². The normalized spacial score (nSPS) is 17.0. The molecule has 2 aliphatic rings. The van der Waals surface area contributed by atoms with Gasteiger partial charge in [0.15, 0.2) is 0 Å². The Balaban J connectivity index is 1.66. The van der Waals surface area contributed by atoms with E-state index >= 15 is 0 Å². The average molecular weight is 324 g/mol. The summed E-state index contributed by atoms with van der Waals surface area (Å²) in [6.45, 7) is 1.47. The number of hydrogen-bond donors (Lipinski definition) is 3. The van der Waals surface area contributed by atoms with Gasteiger partial charge in [0.1, 0.15) is 0 Å². The number of aromatic nitrogens is 2. The van der Waals surface area contributed by atoms with Crippen molar-refractivity contribution in [3.63, 3.8) is 0 Å². The molecule has 0 bridgehead atoms. The van der Waals surface area contributed by atoms with Crippen LogP contribution in [-0.2, 0) is 17.6 Å². The molecule has 6 heteroatoms. The summed E-state index contributed by atoms with van der Waals surface area (Å²) in [4.78, 5) is 24.1. The number of nitrogens with zero attached hydrogens (tertiary/aromatic N) is 1. The first-order valence-corrected chi connectivity index (χ1v) is 8.45. The molecule has 1 saturated heterocycles. The molecule has 2 aromatic rings. The van der Waals surface area contributed by atoms with E-state index in [1.165, 1.54) is 0 Å². The standard InChI is InChI=1S/C18H20N4O2/c23-17(12-9-19-10-12)20-13-5-3-4-11(8-13)16-14-6-1-2-7-15(14)18(24)22-21-16/h3-5,8,12,19H,1-2,6-7,9-10H2,(H,20,23)(H,22,24). The van der Waals surface area contributed by atoms with E-state index in [1.54, 1.807) is 0 Å². The predicted octanol–water partition coefficient (Wildman–Crippen LogP) is 1.47. The zero-order chi connectivity index (χ0) is 16.5. The lowest BCUT2D eigenvalue weighted by Gasteiger charge is -2.25. The lowest BCUT2D eigenvalue weighted by molar-refractivity contribution is -0.121. The van der Waals surface area contributed by atoms with Crippen molar-refractivity contribution in [2.75, 3.05) is 18.4 Å². The van der Waals surface area contributed by atoms with Gasteiger partial charge in [-0.05, 0) is 43.4 Å². The number of hydrogen-bond acceptors (Lipinski definition) is 4. The molecule has 4 rings (SSSR count). The van der Waals surface area contributed by atoms with Gasteiger partial charge in [0, 0.05) is 29.9 Å². The second-order valence-corrected chi connectivity index (χ2v) is 6.49. The molecule has 1 aromatic carbocycles. The maximum atomic E-state index is 12.1. The highest BCUT2D eigenvalue weighted by molar-refractivity contribution is 5.94. The largest absolute Gasteiger partial charge is 0.326 e. The van der Waals surface area contributed by atoms with Crippen molar-refractivity contribution in [3.8, 4) is 11.3 Å². The molecule has 1 amide bonds. The highest BCUT2D eigenvalue weighted by Gasteiger charge is 2.25. The van der Waals surface area contributed by atoms with Crippen molar-refractivity contribution in [2.24, 2.45) is 5.92 Å². The van der Waals surface area contributed by atoms with E-state index in [0.29, 0.717) is 0 Å². The molecule has 1 aliphatic carbocycles. The monoisotopic (exact) mass is 324 g/mol. The molecule has 1 aromatic heterocycles. The molecule has 0 spiro atoms. The Morgan fingerprint density at radius 1 is 1.17 bits per heavy atom. The van der Waals surface area contributed by atoms with Crippen molar-refractivity contribution < 1.29 is 4.79 Å². The third kappa shape index (κ3) is 2.73. The summed E-state index contributed by atoms with van der Waals surface area (Å²) in [6.07, 6.45) is 3.82. The van der Waals surface area contributed by atoms with E-state index in [2.05, 4.69) is 20.8 Å². The number of carbonyl (C=O) groups excluding carboxylic acids is 1. The molecule has 124 valence electrons. The van der Waals surface area contributed by atoms with E-state index in [4.69, 9.17) is 0 Å². The highest BCUT2D eigenvalue weighted by Crippen LogP contribution is 2.29. The average Bonchev–Trinajstić information content (AvgIpc) is 2.54. The van der Waals surface area contributed by atoms with Gasteiger partial charge in [-0.15, -0.1) is 0 Å². The van der Waals surface area contributed by atoms with Crippen LogP contribution in [0.3, 0.4) is 0 Å². The lowest BCUT2D eigenvalue weighted by Crippen LogP contribution is -2.48. The summed E-state index contributed by atoms with van der Waals surface area (Å²) in [7, 11) is 0. The summed E-state index contributed by atoms with van der Waals surface area (Å²) in [5.41, 5.74) is 4.36. The fourth-order valence-corrected chi connectivity index (χ4v) is 3.36. The number of rotatable bonds is 3. The van der Waals surface area contributed by atoms with Gasteiger partial charge in [-0.3, -0.25) is 9.59 Å². The van der Waals surface area contributed by atoms with Crippen LogP contribution in [0.2, 0.25) is 0 Å². The predicted molar refractivity (Wildman–Crippen MR) is 91.9 cm³/mol. The first-order valence-electron chi connectivity index (χ1n) is 8.45. The van der Waals surface area contributed by atoms with Crippen molar-refractivity contribution in [3.05, 3.63) is 45.7 Å². The zero-order valence-electron chi connectivity index (χ0n) is 13.4. The minimum Gasteiger partial charge on any atom is -0.326 e. The fraction of sp³-hybridized carbons (Fsp3) is 0.389. The van der Waals surface area contributed by atoms with E-state index in [0.717, 1.165) is 66.8 Å². The topological polar surface area (TPSA) is 86.9 Å². The van der Waals surface area contributed by atoms with E-state index < -0.39 is 0 Å². The Morgan fingerprint density at radius 2 is 1.96 bits per heavy atom. The summed E-state index contributed by atoms with van der Waals surface area (Å²) in [5.74, 6) is 0.0926. The molecular formula is C18H20N4O2. The quantitative estimate of drug-likeness (QED) is 0.798. The van der Waals surface area contributed by atoms with E-state index in [-0.39, 0.29) is 17.4 Å². The number of H-pyrrole nitrogens is 1. The first-order chi connectivity index (χ1) is 11.7. The van der Waals surface area contributed by atoms with Crippen molar-refractivity contribution in [1.82, 2.24) is 15.5 Å². The van der Waals surface area contributed by atoms with Gasteiger partial charge < -0.3 is 10.6 Å². The van der Waals surface area contributed by atoms with Crippen LogP contribution in [0.4, 0.5) is 5.69 Å². The third-order valence-corrected chi connectivity index (χ3v) is 4.85. The molecule has 3 N–H and O–H groups in total. The van der Waals surface area contributed by atoms with Crippen LogP contribution >= 0.6 is 0 Å². The summed E-state index contributed by atoms with van der Waals surface area (Å²) < 4.78 is 0. The summed E-state index contributed by atoms with van der Waals surface area (Å²) >= 11 is 0. The van der Waals surface area contributed by atoms with Crippen LogP contribution in [-0.4, -0.2) is 29.2 Å². The van der Waals surface area contributed by atoms with Crippen LogP contribution in [0.1, 0.15) is 24.0 Å².